The molecular weight excluding hydrogens is 268 g/mol. The molecule has 0 saturated heterocycles. The third-order valence-corrected chi connectivity index (χ3v) is 3.46. The van der Waals surface area contributed by atoms with Crippen LogP contribution in [0.4, 0.5) is 4.79 Å². The summed E-state index contributed by atoms with van der Waals surface area (Å²) >= 11 is 0. The number of likely N-dealkylation sites (N-methyl/N-ethyl adjacent to an activating group) is 1. The maximum Gasteiger partial charge on any atom is 0.317 e. The number of nitrogens with zero attached hydrogens (tertiary/aromatic N) is 1. The number of nitrogens with one attached hydrogen (secondary N) is 1. The molecule has 1 aliphatic rings. The van der Waals surface area contributed by atoms with Crippen LogP contribution < -0.4 is 10.1 Å². The van der Waals surface area contributed by atoms with Crippen LogP contribution in [0.15, 0.2) is 24.3 Å². The van der Waals surface area contributed by atoms with Crippen LogP contribution in [0, 0.1) is 0 Å². The summed E-state index contributed by atoms with van der Waals surface area (Å²) in [5, 5.41) is 12.8. The van der Waals surface area contributed by atoms with Crippen LogP contribution in [0.3, 0.4) is 0 Å². The average Bonchev–Trinajstić information content (AvgIpc) is 2.60. The van der Waals surface area contributed by atoms with E-state index < -0.39 is 5.60 Å². The second kappa shape index (κ2) is 6.35. The first-order chi connectivity index (χ1) is 9.87. The minimum Gasteiger partial charge on any atom is -0.493 e. The van der Waals surface area contributed by atoms with E-state index in [2.05, 4.69) is 5.32 Å². The van der Waals surface area contributed by atoms with E-state index in [0.29, 0.717) is 6.61 Å². The second-order valence-electron chi connectivity index (χ2n) is 6.20. The number of ether oxygens (including phenoxy) is 1. The van der Waals surface area contributed by atoms with Crippen molar-refractivity contribution in [1.82, 2.24) is 10.2 Å². The molecule has 1 aliphatic heterocycles. The van der Waals surface area contributed by atoms with Crippen molar-refractivity contribution >= 4 is 6.03 Å². The van der Waals surface area contributed by atoms with Crippen molar-refractivity contribution in [1.29, 1.82) is 0 Å². The van der Waals surface area contributed by atoms with Crippen molar-refractivity contribution < 1.29 is 14.6 Å². The van der Waals surface area contributed by atoms with E-state index in [1.54, 1.807) is 20.9 Å². The number of hydrogen-bond donors (Lipinski definition) is 2. The molecule has 0 aliphatic carbocycles. The highest BCUT2D eigenvalue weighted by molar-refractivity contribution is 5.74. The molecule has 21 heavy (non-hydrogen) atoms. The number of rotatable bonds is 3. The lowest BCUT2D eigenvalue weighted by atomic mass is 10.0. The Bertz CT molecular complexity index is 497. The molecule has 0 fully saturated rings. The van der Waals surface area contributed by atoms with Gasteiger partial charge in [-0.05, 0) is 32.8 Å². The summed E-state index contributed by atoms with van der Waals surface area (Å²) in [6.07, 6.45) is 1.74. The normalized spacial score (nSPS) is 18.2. The zero-order valence-electron chi connectivity index (χ0n) is 12.9. The molecule has 0 radical (unpaired) electrons. The number of benzene rings is 1. The van der Waals surface area contributed by atoms with Gasteiger partial charge in [-0.2, -0.15) is 0 Å². The Hall–Kier alpha value is -1.75. The summed E-state index contributed by atoms with van der Waals surface area (Å²) in [4.78, 5) is 13.8. The van der Waals surface area contributed by atoms with E-state index in [-0.39, 0.29) is 18.6 Å². The minimum absolute atomic E-state index is 0.0551. The zero-order chi connectivity index (χ0) is 15.5. The molecule has 2 N–H and O–H groups in total. The number of aliphatic hydroxyl groups is 1. The third kappa shape index (κ3) is 4.36. The van der Waals surface area contributed by atoms with Gasteiger partial charge in [-0.1, -0.05) is 18.2 Å². The SMILES string of the molecule is CN(CC(C)(C)O)C(=O)NC1CCCOc2ccccc21. The first-order valence-corrected chi connectivity index (χ1v) is 7.32. The summed E-state index contributed by atoms with van der Waals surface area (Å²) in [5.74, 6) is 0.838. The van der Waals surface area contributed by atoms with Gasteiger partial charge in [-0.25, -0.2) is 4.79 Å². The van der Waals surface area contributed by atoms with Gasteiger partial charge >= 0.3 is 6.03 Å². The molecule has 0 saturated carbocycles. The van der Waals surface area contributed by atoms with Crippen LogP contribution >= 0.6 is 0 Å². The summed E-state index contributed by atoms with van der Waals surface area (Å²) < 4.78 is 5.70. The quantitative estimate of drug-likeness (QED) is 0.898. The zero-order valence-corrected chi connectivity index (χ0v) is 12.9. The van der Waals surface area contributed by atoms with Crippen LogP contribution in [-0.2, 0) is 0 Å². The topological polar surface area (TPSA) is 61.8 Å². The number of urea groups is 1. The number of fused-ring (bicyclic) bond motifs is 1. The monoisotopic (exact) mass is 292 g/mol. The number of hydrogen-bond acceptors (Lipinski definition) is 3. The minimum atomic E-state index is -0.906. The van der Waals surface area contributed by atoms with Gasteiger partial charge in [0, 0.05) is 12.6 Å². The first kappa shape index (κ1) is 15.6. The first-order valence-electron chi connectivity index (χ1n) is 7.32. The predicted octanol–water partition coefficient (Wildman–Crippen LogP) is 2.31. The number of carbonyl (C=O) groups excluding carboxylic acids is 1. The molecule has 5 heteroatoms. The Morgan fingerprint density at radius 1 is 1.48 bits per heavy atom. The highest BCUT2D eigenvalue weighted by atomic mass is 16.5. The standard InChI is InChI=1S/C16H24N2O3/c1-16(2,20)11-18(3)15(19)17-13-8-6-10-21-14-9-5-4-7-12(13)14/h4-5,7,9,13,20H,6,8,10-11H2,1-3H3,(H,17,19). The molecule has 0 bridgehead atoms. The van der Waals surface area contributed by atoms with E-state index in [0.717, 1.165) is 24.2 Å². The van der Waals surface area contributed by atoms with Gasteiger partial charge in [0.05, 0.1) is 24.8 Å². The largest absolute Gasteiger partial charge is 0.493 e. The fraction of sp³-hybridized carbons (Fsp3) is 0.562. The van der Waals surface area contributed by atoms with Crippen LogP contribution in [0.1, 0.15) is 38.3 Å². The molecule has 1 unspecified atom stereocenters. The van der Waals surface area contributed by atoms with Crippen molar-refractivity contribution in [2.75, 3.05) is 20.2 Å². The molecule has 116 valence electrons. The van der Waals surface area contributed by atoms with E-state index in [1.165, 1.54) is 4.90 Å². The van der Waals surface area contributed by atoms with E-state index in [1.807, 2.05) is 24.3 Å². The predicted molar refractivity (Wildman–Crippen MR) is 81.4 cm³/mol. The van der Waals surface area contributed by atoms with Crippen LogP contribution in [0.25, 0.3) is 0 Å². The Kier molecular flexibility index (Phi) is 4.73. The maximum absolute atomic E-state index is 12.3. The van der Waals surface area contributed by atoms with Gasteiger partial charge in [0.2, 0.25) is 0 Å². The summed E-state index contributed by atoms with van der Waals surface area (Å²) in [7, 11) is 1.69. The Labute approximate surface area is 125 Å². The van der Waals surface area contributed by atoms with Crippen LogP contribution in [-0.4, -0.2) is 41.8 Å². The van der Waals surface area contributed by atoms with Crippen molar-refractivity contribution in [3.8, 4) is 5.75 Å². The van der Waals surface area contributed by atoms with Gasteiger partial charge in [0.15, 0.2) is 0 Å². The van der Waals surface area contributed by atoms with Crippen LogP contribution in [0.5, 0.6) is 5.75 Å². The van der Waals surface area contributed by atoms with Crippen molar-refractivity contribution in [3.63, 3.8) is 0 Å². The molecule has 0 aromatic heterocycles. The molecule has 0 spiro atoms. The second-order valence-corrected chi connectivity index (χ2v) is 6.20. The summed E-state index contributed by atoms with van der Waals surface area (Å²) in [6.45, 7) is 4.32. The van der Waals surface area contributed by atoms with Crippen molar-refractivity contribution in [2.45, 2.75) is 38.3 Å². The third-order valence-electron chi connectivity index (χ3n) is 3.46. The van der Waals surface area contributed by atoms with E-state index in [4.69, 9.17) is 4.74 Å². The molecular formula is C16H24N2O3. The van der Waals surface area contributed by atoms with E-state index in [9.17, 15) is 9.90 Å². The average molecular weight is 292 g/mol. The van der Waals surface area contributed by atoms with Gasteiger partial charge in [0.25, 0.3) is 0 Å². The maximum atomic E-state index is 12.3. The molecule has 1 atom stereocenters. The molecule has 5 nitrogen and oxygen atoms in total. The fourth-order valence-corrected chi connectivity index (χ4v) is 2.59. The highest BCUT2D eigenvalue weighted by Gasteiger charge is 2.24. The lowest BCUT2D eigenvalue weighted by Gasteiger charge is -2.28. The Morgan fingerprint density at radius 2 is 2.19 bits per heavy atom. The number of para-hydroxylation sites is 1. The van der Waals surface area contributed by atoms with Gasteiger partial charge in [-0.3, -0.25) is 0 Å². The number of amides is 2. The molecule has 1 aromatic rings. The lowest BCUT2D eigenvalue weighted by Crippen LogP contribution is -2.45. The van der Waals surface area contributed by atoms with Gasteiger partial charge in [0.1, 0.15) is 5.75 Å². The summed E-state index contributed by atoms with van der Waals surface area (Å²) in [5.41, 5.74) is 0.108. The molecule has 2 rings (SSSR count). The summed E-state index contributed by atoms with van der Waals surface area (Å²) in [6, 6.07) is 7.57. The smallest absolute Gasteiger partial charge is 0.317 e. The van der Waals surface area contributed by atoms with Crippen molar-refractivity contribution in [3.05, 3.63) is 29.8 Å². The fourth-order valence-electron chi connectivity index (χ4n) is 2.59. The number of carbonyl (C=O) groups is 1. The lowest BCUT2D eigenvalue weighted by molar-refractivity contribution is 0.0527. The van der Waals surface area contributed by atoms with Gasteiger partial charge in [-0.15, -0.1) is 0 Å². The molecule has 1 heterocycles. The molecule has 2 amide bonds. The Balaban J connectivity index is 2.07. The Morgan fingerprint density at radius 3 is 2.90 bits per heavy atom. The van der Waals surface area contributed by atoms with E-state index >= 15 is 0 Å². The molecule has 1 aromatic carbocycles. The highest BCUT2D eigenvalue weighted by Crippen LogP contribution is 2.31. The van der Waals surface area contributed by atoms with Crippen molar-refractivity contribution in [2.24, 2.45) is 0 Å². The van der Waals surface area contributed by atoms with Gasteiger partial charge < -0.3 is 20.1 Å². The van der Waals surface area contributed by atoms with Crippen LogP contribution in [0.2, 0.25) is 0 Å².